The van der Waals surface area contributed by atoms with Gasteiger partial charge in [-0.3, -0.25) is 9.99 Å². The van der Waals surface area contributed by atoms with E-state index in [0.29, 0.717) is 18.1 Å². The van der Waals surface area contributed by atoms with Gasteiger partial charge in [-0.1, -0.05) is 12.1 Å². The van der Waals surface area contributed by atoms with E-state index in [0.717, 1.165) is 63.1 Å². The van der Waals surface area contributed by atoms with Crippen LogP contribution in [0.3, 0.4) is 0 Å². The first-order chi connectivity index (χ1) is 13.3. The number of likely N-dealkylation sites (tertiary alicyclic amines) is 1. The molecule has 0 spiro atoms. The Balaban J connectivity index is 1.20. The van der Waals surface area contributed by atoms with Crippen LogP contribution in [0.4, 0.5) is 0 Å². The molecule has 0 amide bonds. The molecule has 7 nitrogen and oxygen atoms in total. The summed E-state index contributed by atoms with van der Waals surface area (Å²) in [5, 5.41) is 6.01. The van der Waals surface area contributed by atoms with Crippen molar-refractivity contribution in [2.75, 3.05) is 39.3 Å². The van der Waals surface area contributed by atoms with Crippen LogP contribution in [0.15, 0.2) is 29.1 Å². The highest BCUT2D eigenvalue weighted by Crippen LogP contribution is 2.26. The highest BCUT2D eigenvalue weighted by atomic mass is 16.1. The maximum atomic E-state index is 12.4. The Labute approximate surface area is 159 Å². The number of nitrogens with one attached hydrogen (secondary N) is 3. The number of benzene rings is 1. The van der Waals surface area contributed by atoms with Gasteiger partial charge in [0.25, 0.3) is 0 Å². The molecule has 1 aromatic carbocycles. The third-order valence-electron chi connectivity index (χ3n) is 6.50. The van der Waals surface area contributed by atoms with Gasteiger partial charge in [0.1, 0.15) is 0 Å². The number of fused-ring (bicyclic) bond motifs is 2. The van der Waals surface area contributed by atoms with Gasteiger partial charge >= 0.3 is 5.69 Å². The van der Waals surface area contributed by atoms with Crippen molar-refractivity contribution in [2.24, 2.45) is 0 Å². The van der Waals surface area contributed by atoms with Gasteiger partial charge in [-0.25, -0.2) is 9.80 Å². The number of para-hydroxylation sites is 2. The normalized spacial score (nSPS) is 28.4. The smallest absolute Gasteiger partial charge is 0.315 e. The number of nitrogens with zero attached hydrogens (tertiary/aromatic N) is 3. The summed E-state index contributed by atoms with van der Waals surface area (Å²) in [6.45, 7) is 6.65. The Bertz CT molecular complexity index is 822. The summed E-state index contributed by atoms with van der Waals surface area (Å²) >= 11 is 0. The molecule has 3 saturated heterocycles. The fraction of sp³-hybridized carbons (Fsp3) is 0.650. The Morgan fingerprint density at radius 1 is 1.07 bits per heavy atom. The summed E-state index contributed by atoms with van der Waals surface area (Å²) in [4.78, 5) is 18.0. The minimum atomic E-state index is 0.0348. The Kier molecular flexibility index (Phi) is 4.77. The van der Waals surface area contributed by atoms with Gasteiger partial charge in [-0.15, -0.1) is 0 Å². The summed E-state index contributed by atoms with van der Waals surface area (Å²) < 4.78 is 1.98. The van der Waals surface area contributed by atoms with Gasteiger partial charge in [0, 0.05) is 50.8 Å². The second-order valence-electron chi connectivity index (χ2n) is 8.32. The van der Waals surface area contributed by atoms with Crippen LogP contribution in [0.25, 0.3) is 11.0 Å². The average Bonchev–Trinajstić information content (AvgIpc) is 3.14. The van der Waals surface area contributed by atoms with Gasteiger partial charge < -0.3 is 15.2 Å². The Morgan fingerprint density at radius 2 is 1.93 bits per heavy atom. The molecule has 3 aliphatic rings. The van der Waals surface area contributed by atoms with E-state index in [4.69, 9.17) is 0 Å². The molecule has 0 bridgehead atoms. The predicted octanol–water partition coefficient (Wildman–Crippen LogP) is 0.907. The molecule has 0 saturated carbocycles. The predicted molar refractivity (Wildman–Crippen MR) is 107 cm³/mol. The van der Waals surface area contributed by atoms with E-state index in [1.807, 2.05) is 22.8 Å². The van der Waals surface area contributed by atoms with Crippen LogP contribution in [0.2, 0.25) is 0 Å². The van der Waals surface area contributed by atoms with Crippen LogP contribution in [0.1, 0.15) is 31.7 Å². The SMILES string of the molecule is O=c1[nH]c2ccccc2n1C1CCN(CC2CC3CNCCCN3N2)CC1. The maximum Gasteiger partial charge on any atom is 0.326 e. The molecule has 27 heavy (non-hydrogen) atoms. The van der Waals surface area contributed by atoms with E-state index >= 15 is 0 Å². The number of piperidine rings is 1. The van der Waals surface area contributed by atoms with Gasteiger partial charge in [-0.2, -0.15) is 0 Å². The number of H-pyrrole nitrogens is 1. The number of hydrogen-bond acceptors (Lipinski definition) is 5. The highest BCUT2D eigenvalue weighted by molar-refractivity contribution is 5.75. The van der Waals surface area contributed by atoms with E-state index in [-0.39, 0.29) is 5.69 Å². The Morgan fingerprint density at radius 3 is 2.81 bits per heavy atom. The maximum absolute atomic E-state index is 12.4. The first kappa shape index (κ1) is 17.4. The lowest BCUT2D eigenvalue weighted by molar-refractivity contribution is 0.150. The molecule has 2 atom stereocenters. The lowest BCUT2D eigenvalue weighted by Gasteiger charge is -2.34. The average molecular weight is 371 g/mol. The summed E-state index contributed by atoms with van der Waals surface area (Å²) in [6.07, 6.45) is 4.54. The van der Waals surface area contributed by atoms with Gasteiger partial charge in [-0.05, 0) is 44.4 Å². The summed E-state index contributed by atoms with van der Waals surface area (Å²) in [5.41, 5.74) is 5.76. The molecule has 3 fully saturated rings. The largest absolute Gasteiger partial charge is 0.326 e. The number of hydrogen-bond donors (Lipinski definition) is 3. The van der Waals surface area contributed by atoms with Crippen LogP contribution < -0.4 is 16.4 Å². The number of aromatic amines is 1. The highest BCUT2D eigenvalue weighted by Gasteiger charge is 2.34. The number of aromatic nitrogens is 2. The first-order valence-corrected chi connectivity index (χ1v) is 10.4. The van der Waals surface area contributed by atoms with Crippen molar-refractivity contribution in [1.82, 2.24) is 30.2 Å². The lowest BCUT2D eigenvalue weighted by atomic mass is 10.0. The molecule has 5 rings (SSSR count). The van der Waals surface area contributed by atoms with E-state index in [2.05, 4.69) is 31.7 Å². The summed E-state index contributed by atoms with van der Waals surface area (Å²) in [5.74, 6) is 0. The minimum absolute atomic E-state index is 0.0348. The quantitative estimate of drug-likeness (QED) is 0.749. The third-order valence-corrected chi connectivity index (χ3v) is 6.50. The van der Waals surface area contributed by atoms with Crippen molar-refractivity contribution in [3.05, 3.63) is 34.7 Å². The zero-order valence-electron chi connectivity index (χ0n) is 15.9. The van der Waals surface area contributed by atoms with E-state index in [1.165, 1.54) is 12.8 Å². The zero-order valence-corrected chi connectivity index (χ0v) is 15.9. The van der Waals surface area contributed by atoms with E-state index in [9.17, 15) is 4.79 Å². The van der Waals surface area contributed by atoms with Gasteiger partial charge in [0.05, 0.1) is 11.0 Å². The van der Waals surface area contributed by atoms with Crippen molar-refractivity contribution in [2.45, 2.75) is 43.8 Å². The van der Waals surface area contributed by atoms with E-state index in [1.54, 1.807) is 0 Å². The molecular formula is C20H30N6O. The van der Waals surface area contributed by atoms with Crippen molar-refractivity contribution >= 4 is 11.0 Å². The molecule has 3 aliphatic heterocycles. The number of hydrazine groups is 1. The number of rotatable bonds is 3. The molecule has 4 heterocycles. The van der Waals surface area contributed by atoms with Gasteiger partial charge in [0.15, 0.2) is 0 Å². The second-order valence-corrected chi connectivity index (χ2v) is 8.32. The van der Waals surface area contributed by atoms with Crippen LogP contribution >= 0.6 is 0 Å². The van der Waals surface area contributed by atoms with Crippen LogP contribution in [-0.4, -0.2) is 70.8 Å². The third kappa shape index (κ3) is 3.45. The molecule has 146 valence electrons. The molecule has 0 radical (unpaired) electrons. The van der Waals surface area contributed by atoms with Crippen LogP contribution in [0.5, 0.6) is 0 Å². The van der Waals surface area contributed by atoms with Crippen molar-refractivity contribution in [3.8, 4) is 0 Å². The molecule has 2 aromatic rings. The van der Waals surface area contributed by atoms with Crippen LogP contribution in [0, 0.1) is 0 Å². The lowest BCUT2D eigenvalue weighted by Crippen LogP contribution is -2.46. The zero-order chi connectivity index (χ0) is 18.2. The fourth-order valence-electron chi connectivity index (χ4n) is 5.16. The fourth-order valence-corrected chi connectivity index (χ4v) is 5.16. The van der Waals surface area contributed by atoms with Crippen molar-refractivity contribution < 1.29 is 0 Å². The Hall–Kier alpha value is -1.67. The standard InChI is InChI=1S/C20H30N6O/c27-20-22-18-4-1-2-5-19(18)26(20)16-6-10-24(11-7-16)14-15-12-17-13-21-8-3-9-25(17)23-15/h1-2,4-5,15-17,21,23H,3,6-14H2,(H,22,27). The van der Waals surface area contributed by atoms with Crippen molar-refractivity contribution in [3.63, 3.8) is 0 Å². The molecular weight excluding hydrogens is 340 g/mol. The van der Waals surface area contributed by atoms with Crippen molar-refractivity contribution in [1.29, 1.82) is 0 Å². The van der Waals surface area contributed by atoms with E-state index < -0.39 is 0 Å². The topological polar surface area (TPSA) is 68.3 Å². The summed E-state index contributed by atoms with van der Waals surface area (Å²) in [6, 6.07) is 9.53. The minimum Gasteiger partial charge on any atom is -0.315 e. The van der Waals surface area contributed by atoms with Gasteiger partial charge in [0.2, 0.25) is 0 Å². The molecule has 0 aliphatic carbocycles. The molecule has 7 heteroatoms. The molecule has 3 N–H and O–H groups in total. The second kappa shape index (κ2) is 7.39. The molecule has 1 aromatic heterocycles. The molecule has 2 unspecified atom stereocenters. The summed E-state index contributed by atoms with van der Waals surface area (Å²) in [7, 11) is 0. The monoisotopic (exact) mass is 370 g/mol. The first-order valence-electron chi connectivity index (χ1n) is 10.4. The number of imidazole rings is 1. The van der Waals surface area contributed by atoms with Crippen LogP contribution in [-0.2, 0) is 0 Å².